The fraction of sp³-hybridized carbons (Fsp3) is 0.818. The van der Waals surface area contributed by atoms with Crippen LogP contribution in [-0.2, 0) is 0 Å². The summed E-state index contributed by atoms with van der Waals surface area (Å²) in [7, 11) is 0. The Morgan fingerprint density at radius 1 is 1.44 bits per heavy atom. The van der Waals surface area contributed by atoms with Gasteiger partial charge in [0.2, 0.25) is 0 Å². The molecular formula is C11H21N3S2. The summed E-state index contributed by atoms with van der Waals surface area (Å²) in [6.07, 6.45) is 1.63. The van der Waals surface area contributed by atoms with E-state index in [1.165, 1.54) is 11.5 Å². The summed E-state index contributed by atoms with van der Waals surface area (Å²) in [5.74, 6) is 0.628. The van der Waals surface area contributed by atoms with Crippen molar-refractivity contribution in [1.29, 1.82) is 0 Å². The molecule has 1 aromatic heterocycles. The number of thioether (sulfide) groups is 1. The first kappa shape index (κ1) is 13.9. The molecule has 3 nitrogen and oxygen atoms in total. The van der Waals surface area contributed by atoms with Crippen LogP contribution in [0.25, 0.3) is 0 Å². The molecule has 0 aliphatic rings. The van der Waals surface area contributed by atoms with Crippen molar-refractivity contribution in [2.24, 2.45) is 5.92 Å². The highest BCUT2D eigenvalue weighted by Crippen LogP contribution is 2.28. The molecule has 0 amide bonds. The first-order valence-corrected chi connectivity index (χ1v) is 7.22. The number of nitrogens with one attached hydrogen (secondary N) is 1. The molecule has 0 radical (unpaired) electrons. The molecule has 0 aromatic carbocycles. The Morgan fingerprint density at radius 2 is 2.12 bits per heavy atom. The van der Waals surface area contributed by atoms with Crippen LogP contribution in [0.1, 0.15) is 34.6 Å². The average molecular weight is 259 g/mol. The first-order chi connectivity index (χ1) is 7.38. The lowest BCUT2D eigenvalue weighted by Gasteiger charge is -2.26. The first-order valence-electron chi connectivity index (χ1n) is 5.57. The molecule has 0 saturated carbocycles. The van der Waals surface area contributed by atoms with Gasteiger partial charge >= 0.3 is 0 Å². The number of rotatable bonds is 5. The van der Waals surface area contributed by atoms with E-state index in [1.807, 2.05) is 11.8 Å². The Morgan fingerprint density at radius 3 is 2.56 bits per heavy atom. The zero-order chi connectivity index (χ0) is 12.2. The van der Waals surface area contributed by atoms with Crippen LogP contribution in [0.5, 0.6) is 0 Å². The molecule has 92 valence electrons. The molecule has 1 atom stereocenters. The third kappa shape index (κ3) is 5.27. The predicted molar refractivity (Wildman–Crippen MR) is 72.1 cm³/mol. The van der Waals surface area contributed by atoms with E-state index >= 15 is 0 Å². The zero-order valence-corrected chi connectivity index (χ0v) is 12.3. The highest BCUT2D eigenvalue weighted by Gasteiger charge is 2.19. The lowest BCUT2D eigenvalue weighted by atomic mass is 10.1. The maximum absolute atomic E-state index is 4.23. The average Bonchev–Trinajstić information content (AvgIpc) is 2.62. The van der Waals surface area contributed by atoms with Gasteiger partial charge in [-0.05, 0) is 38.2 Å². The third-order valence-corrected chi connectivity index (χ3v) is 4.46. The Kier molecular flexibility index (Phi) is 5.21. The second kappa shape index (κ2) is 5.98. The third-order valence-electron chi connectivity index (χ3n) is 2.17. The van der Waals surface area contributed by atoms with Crippen LogP contribution in [0, 0.1) is 5.92 Å². The van der Waals surface area contributed by atoms with Crippen LogP contribution in [0.15, 0.2) is 10.7 Å². The van der Waals surface area contributed by atoms with Crippen LogP contribution in [0.2, 0.25) is 0 Å². The van der Waals surface area contributed by atoms with Crippen molar-refractivity contribution in [2.45, 2.75) is 49.7 Å². The lowest BCUT2D eigenvalue weighted by Crippen LogP contribution is -2.41. The Bertz CT molecular complexity index is 291. The van der Waals surface area contributed by atoms with E-state index in [4.69, 9.17) is 0 Å². The summed E-state index contributed by atoms with van der Waals surface area (Å²) in [4.78, 5) is 4.23. The summed E-state index contributed by atoms with van der Waals surface area (Å²) >= 11 is 3.30. The fourth-order valence-corrected chi connectivity index (χ4v) is 2.92. The molecule has 1 aromatic rings. The molecule has 1 N–H and O–H groups in total. The van der Waals surface area contributed by atoms with E-state index in [2.05, 4.69) is 49.3 Å². The Balaban J connectivity index is 2.48. The lowest BCUT2D eigenvalue weighted by molar-refractivity contribution is 0.408. The fourth-order valence-electron chi connectivity index (χ4n) is 1.16. The van der Waals surface area contributed by atoms with Crippen molar-refractivity contribution >= 4 is 23.3 Å². The van der Waals surface area contributed by atoms with Crippen molar-refractivity contribution < 1.29 is 0 Å². The van der Waals surface area contributed by atoms with Gasteiger partial charge in [-0.15, -0.1) is 0 Å². The van der Waals surface area contributed by atoms with Gasteiger partial charge in [-0.1, -0.05) is 25.6 Å². The Hall–Kier alpha value is -0.130. The summed E-state index contributed by atoms with van der Waals surface area (Å²) in [6, 6.07) is 0. The monoisotopic (exact) mass is 259 g/mol. The van der Waals surface area contributed by atoms with Gasteiger partial charge < -0.3 is 5.32 Å². The van der Waals surface area contributed by atoms with E-state index in [0.717, 1.165) is 10.9 Å². The number of aromatic nitrogens is 2. The van der Waals surface area contributed by atoms with Crippen molar-refractivity contribution in [1.82, 2.24) is 14.7 Å². The van der Waals surface area contributed by atoms with Gasteiger partial charge in [-0.2, -0.15) is 4.37 Å². The summed E-state index contributed by atoms with van der Waals surface area (Å²) in [5.41, 5.74) is 0.175. The minimum atomic E-state index is 0.175. The SMILES string of the molecule is CC(C)C(CNC(C)(C)C)Sc1ncns1. The molecule has 1 unspecified atom stereocenters. The molecule has 5 heteroatoms. The minimum Gasteiger partial charge on any atom is -0.311 e. The largest absolute Gasteiger partial charge is 0.311 e. The van der Waals surface area contributed by atoms with E-state index in [0.29, 0.717) is 11.2 Å². The molecule has 1 heterocycles. The normalized spacial score (nSPS) is 14.4. The molecule has 0 spiro atoms. The van der Waals surface area contributed by atoms with Crippen molar-refractivity contribution in [3.63, 3.8) is 0 Å². The molecule has 0 aliphatic heterocycles. The van der Waals surface area contributed by atoms with Gasteiger partial charge in [0.05, 0.1) is 0 Å². The summed E-state index contributed by atoms with van der Waals surface area (Å²) < 4.78 is 5.10. The number of hydrogen-bond donors (Lipinski definition) is 1. The second-order valence-electron chi connectivity index (χ2n) is 5.24. The Labute approximate surface area is 107 Å². The van der Waals surface area contributed by atoms with Crippen LogP contribution in [0.3, 0.4) is 0 Å². The maximum Gasteiger partial charge on any atom is 0.170 e. The van der Waals surface area contributed by atoms with Crippen LogP contribution >= 0.6 is 23.3 Å². The van der Waals surface area contributed by atoms with Gasteiger partial charge in [0.1, 0.15) is 6.33 Å². The van der Waals surface area contributed by atoms with Crippen molar-refractivity contribution in [3.8, 4) is 0 Å². The number of nitrogens with zero attached hydrogens (tertiary/aromatic N) is 2. The molecule has 16 heavy (non-hydrogen) atoms. The van der Waals surface area contributed by atoms with Crippen molar-refractivity contribution in [3.05, 3.63) is 6.33 Å². The molecule has 0 fully saturated rings. The predicted octanol–water partition coefficient (Wildman–Crippen LogP) is 3.04. The highest BCUT2D eigenvalue weighted by molar-refractivity contribution is 8.01. The number of hydrogen-bond acceptors (Lipinski definition) is 5. The van der Waals surface area contributed by atoms with E-state index in [-0.39, 0.29) is 5.54 Å². The second-order valence-corrected chi connectivity index (χ2v) is 7.50. The molecule has 1 rings (SSSR count). The minimum absolute atomic E-state index is 0.175. The highest BCUT2D eigenvalue weighted by atomic mass is 32.2. The van der Waals surface area contributed by atoms with Gasteiger partial charge in [0, 0.05) is 17.3 Å². The zero-order valence-electron chi connectivity index (χ0n) is 10.7. The topological polar surface area (TPSA) is 37.8 Å². The summed E-state index contributed by atoms with van der Waals surface area (Å²) in [6.45, 7) is 12.1. The van der Waals surface area contributed by atoms with Crippen LogP contribution < -0.4 is 5.32 Å². The van der Waals surface area contributed by atoms with E-state index in [1.54, 1.807) is 6.33 Å². The standard InChI is InChI=1S/C11H21N3S2/c1-8(2)9(6-13-11(3,4)5)15-10-12-7-14-16-10/h7-9,13H,6H2,1-5H3. The molecular weight excluding hydrogens is 238 g/mol. The van der Waals surface area contributed by atoms with E-state index in [9.17, 15) is 0 Å². The van der Waals surface area contributed by atoms with Crippen molar-refractivity contribution in [2.75, 3.05) is 6.54 Å². The van der Waals surface area contributed by atoms with Crippen LogP contribution in [0.4, 0.5) is 0 Å². The smallest absolute Gasteiger partial charge is 0.170 e. The van der Waals surface area contributed by atoms with Crippen LogP contribution in [-0.4, -0.2) is 26.7 Å². The summed E-state index contributed by atoms with van der Waals surface area (Å²) in [5, 5.41) is 4.10. The maximum atomic E-state index is 4.23. The quantitative estimate of drug-likeness (QED) is 0.825. The van der Waals surface area contributed by atoms with Gasteiger partial charge in [-0.3, -0.25) is 0 Å². The van der Waals surface area contributed by atoms with E-state index < -0.39 is 0 Å². The van der Waals surface area contributed by atoms with Gasteiger partial charge in [0.25, 0.3) is 0 Å². The van der Waals surface area contributed by atoms with Gasteiger partial charge in [0.15, 0.2) is 4.34 Å². The molecule has 0 saturated heterocycles. The molecule has 0 bridgehead atoms. The van der Waals surface area contributed by atoms with Gasteiger partial charge in [-0.25, -0.2) is 4.98 Å². The molecule has 0 aliphatic carbocycles.